The summed E-state index contributed by atoms with van der Waals surface area (Å²) >= 11 is 0. The molecular weight excluding hydrogens is 302 g/mol. The molecule has 0 amide bonds. The number of rotatable bonds is 6. The Morgan fingerprint density at radius 3 is 2.17 bits per heavy atom. The van der Waals surface area contributed by atoms with Gasteiger partial charge < -0.3 is 14.8 Å². The van der Waals surface area contributed by atoms with Crippen molar-refractivity contribution in [2.24, 2.45) is 0 Å². The van der Waals surface area contributed by atoms with Crippen LogP contribution in [0.2, 0.25) is 0 Å². The smallest absolute Gasteiger partial charge is 0.146 e. The van der Waals surface area contributed by atoms with Crippen LogP contribution in [0.5, 0.6) is 11.5 Å². The predicted octanol–water partition coefficient (Wildman–Crippen LogP) is 3.94. The fraction of sp³-hybridized carbons (Fsp3) is 0.350. The van der Waals surface area contributed by atoms with Crippen molar-refractivity contribution >= 4 is 5.78 Å². The minimum absolute atomic E-state index is 0.0648. The molecule has 2 rings (SSSR count). The zero-order valence-corrected chi connectivity index (χ0v) is 15.1. The normalized spacial score (nSPS) is 11.0. The summed E-state index contributed by atoms with van der Waals surface area (Å²) in [6, 6.07) is 16.0. The molecule has 0 aliphatic heterocycles. The van der Waals surface area contributed by atoms with Crippen molar-refractivity contribution in [3.8, 4) is 22.6 Å². The number of methoxy groups -OCH3 is 2. The van der Waals surface area contributed by atoms with Crippen LogP contribution in [0.25, 0.3) is 11.1 Å². The van der Waals surface area contributed by atoms with Crippen LogP contribution >= 0.6 is 0 Å². The number of hydrogen-bond donors (Lipinski definition) is 1. The van der Waals surface area contributed by atoms with E-state index in [4.69, 9.17) is 9.47 Å². The minimum atomic E-state index is 0.0648. The first-order chi connectivity index (χ1) is 11.6. The van der Waals surface area contributed by atoms with Gasteiger partial charge in [0.15, 0.2) is 0 Å². The lowest BCUT2D eigenvalue weighted by Crippen LogP contribution is -2.31. The van der Waals surface area contributed by atoms with Gasteiger partial charge in [0.05, 0.1) is 20.3 Å². The molecular formula is C20H27NO3. The van der Waals surface area contributed by atoms with Crippen molar-refractivity contribution in [1.82, 2.24) is 5.32 Å². The molecule has 0 spiro atoms. The maximum atomic E-state index is 10.5. The largest absolute Gasteiger partial charge is 0.497 e. The Balaban J connectivity index is 0.000000307. The van der Waals surface area contributed by atoms with Gasteiger partial charge in [0.1, 0.15) is 17.3 Å². The molecule has 130 valence electrons. The van der Waals surface area contributed by atoms with E-state index >= 15 is 0 Å². The highest BCUT2D eigenvalue weighted by molar-refractivity contribution is 5.81. The van der Waals surface area contributed by atoms with E-state index in [0.29, 0.717) is 0 Å². The predicted molar refractivity (Wildman–Crippen MR) is 98.8 cm³/mol. The van der Waals surface area contributed by atoms with E-state index < -0.39 is 0 Å². The fourth-order valence-electron chi connectivity index (χ4n) is 2.35. The van der Waals surface area contributed by atoms with E-state index in [1.165, 1.54) is 0 Å². The lowest BCUT2D eigenvalue weighted by Gasteiger charge is -2.10. The van der Waals surface area contributed by atoms with Gasteiger partial charge in [0.25, 0.3) is 0 Å². The molecule has 0 aliphatic rings. The molecule has 2 aromatic carbocycles. The van der Waals surface area contributed by atoms with Gasteiger partial charge in [-0.1, -0.05) is 37.3 Å². The van der Waals surface area contributed by atoms with Gasteiger partial charge in [-0.25, -0.2) is 0 Å². The molecule has 2 aromatic rings. The molecule has 0 saturated carbocycles. The first-order valence-corrected chi connectivity index (χ1v) is 8.02. The van der Waals surface area contributed by atoms with Crippen molar-refractivity contribution < 1.29 is 14.3 Å². The Morgan fingerprint density at radius 2 is 1.75 bits per heavy atom. The Hall–Kier alpha value is -2.33. The maximum absolute atomic E-state index is 10.5. The van der Waals surface area contributed by atoms with Crippen LogP contribution in [0.4, 0.5) is 0 Å². The highest BCUT2D eigenvalue weighted by atomic mass is 16.5. The lowest BCUT2D eigenvalue weighted by atomic mass is 10.0. The molecule has 0 unspecified atom stereocenters. The molecule has 0 aromatic heterocycles. The van der Waals surface area contributed by atoms with Crippen LogP contribution in [0, 0.1) is 0 Å². The number of carbonyl (C=O) groups excluding carboxylic acids is 1. The van der Waals surface area contributed by atoms with Crippen molar-refractivity contribution in [2.45, 2.75) is 26.3 Å². The topological polar surface area (TPSA) is 47.6 Å². The molecule has 4 heteroatoms. The van der Waals surface area contributed by atoms with Gasteiger partial charge >= 0.3 is 0 Å². The number of Topliss-reactive ketones (excluding diaryl/α,β-unsaturated/α-hetero) is 1. The third-order valence-electron chi connectivity index (χ3n) is 3.74. The summed E-state index contributed by atoms with van der Waals surface area (Å²) in [6.45, 7) is 3.59. The molecule has 1 N–H and O–H groups in total. The SMILES string of the molecule is CC[C@H](NC)C(C)=O.COc1ccc(-c2ccccc2)c(OC)c1. The summed E-state index contributed by atoms with van der Waals surface area (Å²) in [5, 5.41) is 2.90. The first-order valence-electron chi connectivity index (χ1n) is 8.02. The number of ether oxygens (including phenoxy) is 2. The summed E-state index contributed by atoms with van der Waals surface area (Å²) < 4.78 is 10.5. The summed E-state index contributed by atoms with van der Waals surface area (Å²) in [5.41, 5.74) is 2.21. The van der Waals surface area contributed by atoms with Gasteiger partial charge in [-0.3, -0.25) is 4.79 Å². The van der Waals surface area contributed by atoms with E-state index in [-0.39, 0.29) is 11.8 Å². The van der Waals surface area contributed by atoms with Crippen LogP contribution in [-0.2, 0) is 4.79 Å². The zero-order valence-electron chi connectivity index (χ0n) is 15.1. The molecule has 0 fully saturated rings. The molecule has 0 heterocycles. The average molecular weight is 329 g/mol. The first kappa shape index (κ1) is 19.7. The molecule has 1 atom stereocenters. The van der Waals surface area contributed by atoms with Crippen molar-refractivity contribution in [2.75, 3.05) is 21.3 Å². The van der Waals surface area contributed by atoms with Gasteiger partial charge in [-0.05, 0) is 38.1 Å². The Labute approximate surface area is 144 Å². The third kappa shape index (κ3) is 5.70. The second kappa shape index (κ2) is 10.4. The standard InChI is InChI=1S/C14H14O2.C6H13NO/c1-15-12-8-9-13(14(10-12)16-2)11-6-4-3-5-7-11;1-4-6(7-3)5(2)8/h3-10H,1-2H3;6-7H,4H2,1-3H3/t;6-/m.0/s1. The van der Waals surface area contributed by atoms with Crippen molar-refractivity contribution in [1.29, 1.82) is 0 Å². The molecule has 4 nitrogen and oxygen atoms in total. The van der Waals surface area contributed by atoms with Crippen LogP contribution in [0.1, 0.15) is 20.3 Å². The Bertz CT molecular complexity index is 622. The molecule has 0 bridgehead atoms. The summed E-state index contributed by atoms with van der Waals surface area (Å²) in [4.78, 5) is 10.5. The Kier molecular flexibility index (Phi) is 8.58. The number of carbonyl (C=O) groups is 1. The van der Waals surface area contributed by atoms with Crippen molar-refractivity contribution in [3.63, 3.8) is 0 Å². The number of hydrogen-bond acceptors (Lipinski definition) is 4. The zero-order chi connectivity index (χ0) is 17.9. The molecule has 0 saturated heterocycles. The average Bonchev–Trinajstić information content (AvgIpc) is 2.63. The second-order valence-corrected chi connectivity index (χ2v) is 5.29. The fourth-order valence-corrected chi connectivity index (χ4v) is 2.35. The monoisotopic (exact) mass is 329 g/mol. The van der Waals surface area contributed by atoms with Crippen LogP contribution in [0.3, 0.4) is 0 Å². The number of benzene rings is 2. The number of likely N-dealkylation sites (N-methyl/N-ethyl adjacent to an activating group) is 1. The molecule has 24 heavy (non-hydrogen) atoms. The number of ketones is 1. The maximum Gasteiger partial charge on any atom is 0.146 e. The van der Waals surface area contributed by atoms with Gasteiger partial charge in [-0.15, -0.1) is 0 Å². The quantitative estimate of drug-likeness (QED) is 0.872. The highest BCUT2D eigenvalue weighted by Crippen LogP contribution is 2.32. The summed E-state index contributed by atoms with van der Waals surface area (Å²) in [6.07, 6.45) is 0.881. The Morgan fingerprint density at radius 1 is 1.08 bits per heavy atom. The minimum Gasteiger partial charge on any atom is -0.497 e. The molecule has 0 aliphatic carbocycles. The van der Waals surface area contributed by atoms with E-state index in [1.807, 2.05) is 43.3 Å². The molecule has 0 radical (unpaired) electrons. The lowest BCUT2D eigenvalue weighted by molar-refractivity contribution is -0.118. The number of nitrogens with one attached hydrogen (secondary N) is 1. The highest BCUT2D eigenvalue weighted by Gasteiger charge is 2.06. The van der Waals surface area contributed by atoms with E-state index in [2.05, 4.69) is 17.4 Å². The van der Waals surface area contributed by atoms with E-state index in [0.717, 1.165) is 29.0 Å². The van der Waals surface area contributed by atoms with E-state index in [1.54, 1.807) is 28.2 Å². The van der Waals surface area contributed by atoms with Gasteiger partial charge in [0, 0.05) is 11.6 Å². The van der Waals surface area contributed by atoms with Crippen LogP contribution in [0.15, 0.2) is 48.5 Å². The summed E-state index contributed by atoms with van der Waals surface area (Å²) in [7, 11) is 5.12. The van der Waals surface area contributed by atoms with E-state index in [9.17, 15) is 4.79 Å². The van der Waals surface area contributed by atoms with Gasteiger partial charge in [-0.2, -0.15) is 0 Å². The van der Waals surface area contributed by atoms with Crippen molar-refractivity contribution in [3.05, 3.63) is 48.5 Å². The van der Waals surface area contributed by atoms with Gasteiger partial charge in [0.2, 0.25) is 0 Å². The van der Waals surface area contributed by atoms with Crippen LogP contribution < -0.4 is 14.8 Å². The second-order valence-electron chi connectivity index (χ2n) is 5.29. The van der Waals surface area contributed by atoms with Crippen LogP contribution in [-0.4, -0.2) is 33.1 Å². The summed E-state index contributed by atoms with van der Waals surface area (Å²) in [5.74, 6) is 1.84. The third-order valence-corrected chi connectivity index (χ3v) is 3.74.